The number of hydrogen-bond donors (Lipinski definition) is 3. The first-order valence-corrected chi connectivity index (χ1v) is 7.69. The fourth-order valence-electron chi connectivity index (χ4n) is 2.56. The van der Waals surface area contributed by atoms with E-state index in [0.717, 1.165) is 11.1 Å². The van der Waals surface area contributed by atoms with Crippen LogP contribution in [0.25, 0.3) is 11.0 Å². The lowest BCUT2D eigenvalue weighted by Gasteiger charge is -2.10. The quantitative estimate of drug-likeness (QED) is 0.609. The molecule has 0 spiro atoms. The second kappa shape index (κ2) is 7.14. The van der Waals surface area contributed by atoms with E-state index in [4.69, 9.17) is 4.74 Å². The SMILES string of the molecule is COCc1ccccc1CNC(=O)c1ccc2[nH]c(=O)c(=O)[nH]c2c1. The van der Waals surface area contributed by atoms with Crippen LogP contribution in [0.3, 0.4) is 0 Å². The Balaban J connectivity index is 1.80. The summed E-state index contributed by atoms with van der Waals surface area (Å²) < 4.78 is 5.15. The smallest absolute Gasteiger partial charge is 0.314 e. The lowest BCUT2D eigenvalue weighted by Crippen LogP contribution is -2.29. The Kier molecular flexibility index (Phi) is 4.76. The van der Waals surface area contributed by atoms with Gasteiger partial charge in [-0.3, -0.25) is 14.4 Å². The van der Waals surface area contributed by atoms with Gasteiger partial charge in [-0.05, 0) is 29.3 Å². The number of fused-ring (bicyclic) bond motifs is 1. The van der Waals surface area contributed by atoms with Gasteiger partial charge in [-0.15, -0.1) is 0 Å². The molecule has 3 aromatic rings. The van der Waals surface area contributed by atoms with Gasteiger partial charge in [0.15, 0.2) is 0 Å². The van der Waals surface area contributed by atoms with Crippen molar-refractivity contribution in [3.63, 3.8) is 0 Å². The van der Waals surface area contributed by atoms with Crippen molar-refractivity contribution in [3.8, 4) is 0 Å². The van der Waals surface area contributed by atoms with Gasteiger partial charge in [-0.1, -0.05) is 24.3 Å². The third-order valence-corrected chi connectivity index (χ3v) is 3.84. The second-order valence-electron chi connectivity index (χ2n) is 5.55. The molecule has 128 valence electrons. The summed E-state index contributed by atoms with van der Waals surface area (Å²) in [7, 11) is 1.62. The Morgan fingerprint density at radius 3 is 2.40 bits per heavy atom. The van der Waals surface area contributed by atoms with E-state index in [2.05, 4.69) is 15.3 Å². The van der Waals surface area contributed by atoms with Gasteiger partial charge in [0.1, 0.15) is 0 Å². The molecule has 1 amide bonds. The molecular weight excluding hydrogens is 322 g/mol. The average Bonchev–Trinajstić information content (AvgIpc) is 2.61. The first kappa shape index (κ1) is 16.7. The molecule has 7 nitrogen and oxygen atoms in total. The zero-order chi connectivity index (χ0) is 17.8. The molecule has 2 aromatic carbocycles. The molecule has 0 saturated carbocycles. The predicted molar refractivity (Wildman–Crippen MR) is 93.5 cm³/mol. The molecule has 0 aliphatic carbocycles. The second-order valence-corrected chi connectivity index (χ2v) is 5.55. The summed E-state index contributed by atoms with van der Waals surface area (Å²) >= 11 is 0. The number of hydrogen-bond acceptors (Lipinski definition) is 4. The molecule has 0 fully saturated rings. The summed E-state index contributed by atoms with van der Waals surface area (Å²) in [6.45, 7) is 0.829. The molecule has 0 aliphatic rings. The monoisotopic (exact) mass is 339 g/mol. The molecule has 7 heteroatoms. The van der Waals surface area contributed by atoms with Crippen molar-refractivity contribution in [1.82, 2.24) is 15.3 Å². The Labute approximate surface area is 142 Å². The highest BCUT2D eigenvalue weighted by molar-refractivity contribution is 5.97. The topological polar surface area (TPSA) is 104 Å². The first-order valence-electron chi connectivity index (χ1n) is 7.69. The van der Waals surface area contributed by atoms with E-state index in [1.807, 2.05) is 24.3 Å². The van der Waals surface area contributed by atoms with Gasteiger partial charge in [0, 0.05) is 19.2 Å². The summed E-state index contributed by atoms with van der Waals surface area (Å²) in [6.07, 6.45) is 0. The van der Waals surface area contributed by atoms with Crippen molar-refractivity contribution in [1.29, 1.82) is 0 Å². The van der Waals surface area contributed by atoms with Crippen LogP contribution in [0.1, 0.15) is 21.5 Å². The fourth-order valence-corrected chi connectivity index (χ4v) is 2.56. The van der Waals surface area contributed by atoms with Gasteiger partial charge in [0.2, 0.25) is 0 Å². The maximum atomic E-state index is 12.4. The number of carbonyl (C=O) groups is 1. The van der Waals surface area contributed by atoms with E-state index < -0.39 is 11.1 Å². The minimum absolute atomic E-state index is 0.277. The summed E-state index contributed by atoms with van der Waals surface area (Å²) in [6, 6.07) is 12.4. The maximum Gasteiger partial charge on any atom is 0.314 e. The number of aromatic nitrogens is 2. The molecule has 1 aromatic heterocycles. The minimum Gasteiger partial charge on any atom is -0.380 e. The van der Waals surface area contributed by atoms with Crippen LogP contribution >= 0.6 is 0 Å². The van der Waals surface area contributed by atoms with Crippen LogP contribution in [-0.2, 0) is 17.9 Å². The number of benzene rings is 2. The van der Waals surface area contributed by atoms with Crippen LogP contribution in [0.5, 0.6) is 0 Å². The van der Waals surface area contributed by atoms with Crippen molar-refractivity contribution < 1.29 is 9.53 Å². The maximum absolute atomic E-state index is 12.4. The number of nitrogens with one attached hydrogen (secondary N) is 3. The Morgan fingerprint density at radius 2 is 1.68 bits per heavy atom. The van der Waals surface area contributed by atoms with E-state index in [9.17, 15) is 14.4 Å². The number of methoxy groups -OCH3 is 1. The number of ether oxygens (including phenoxy) is 1. The number of carbonyl (C=O) groups excluding carboxylic acids is 1. The highest BCUT2D eigenvalue weighted by Gasteiger charge is 2.09. The molecule has 3 rings (SSSR count). The van der Waals surface area contributed by atoms with Crippen LogP contribution in [0.2, 0.25) is 0 Å². The van der Waals surface area contributed by atoms with Crippen LogP contribution in [0, 0.1) is 0 Å². The lowest BCUT2D eigenvalue weighted by atomic mass is 10.1. The molecule has 0 bridgehead atoms. The average molecular weight is 339 g/mol. The van der Waals surface area contributed by atoms with Crippen LogP contribution in [0.4, 0.5) is 0 Å². The number of rotatable bonds is 5. The third kappa shape index (κ3) is 3.67. The van der Waals surface area contributed by atoms with Gasteiger partial charge < -0.3 is 20.0 Å². The van der Waals surface area contributed by atoms with Crippen molar-refractivity contribution in [2.75, 3.05) is 7.11 Å². The highest BCUT2D eigenvalue weighted by atomic mass is 16.5. The number of H-pyrrole nitrogens is 2. The molecule has 0 unspecified atom stereocenters. The van der Waals surface area contributed by atoms with Crippen molar-refractivity contribution >= 4 is 16.9 Å². The summed E-state index contributed by atoms with van der Waals surface area (Å²) in [4.78, 5) is 40.0. The molecule has 0 radical (unpaired) electrons. The van der Waals surface area contributed by atoms with Crippen molar-refractivity contribution in [3.05, 3.63) is 79.9 Å². The van der Waals surface area contributed by atoms with Crippen LogP contribution in [0.15, 0.2) is 52.1 Å². The first-order chi connectivity index (χ1) is 12.1. The van der Waals surface area contributed by atoms with Crippen LogP contribution < -0.4 is 16.4 Å². The Morgan fingerprint density at radius 1 is 1.00 bits per heavy atom. The van der Waals surface area contributed by atoms with E-state index in [-0.39, 0.29) is 5.91 Å². The highest BCUT2D eigenvalue weighted by Crippen LogP contribution is 2.12. The summed E-state index contributed by atoms with van der Waals surface area (Å²) in [5, 5.41) is 2.85. The molecule has 0 aliphatic heterocycles. The van der Waals surface area contributed by atoms with E-state index in [1.54, 1.807) is 19.2 Å². The molecule has 0 saturated heterocycles. The normalized spacial score (nSPS) is 10.8. The predicted octanol–water partition coefficient (Wildman–Crippen LogP) is 1.29. The Bertz CT molecular complexity index is 1040. The molecular formula is C18H17N3O4. The molecule has 3 N–H and O–H groups in total. The summed E-state index contributed by atoms with van der Waals surface area (Å²) in [5.41, 5.74) is 1.75. The lowest BCUT2D eigenvalue weighted by molar-refractivity contribution is 0.0950. The zero-order valence-electron chi connectivity index (χ0n) is 13.6. The fraction of sp³-hybridized carbons (Fsp3) is 0.167. The third-order valence-electron chi connectivity index (χ3n) is 3.84. The standard InChI is InChI=1S/C18H17N3O4/c1-25-10-13-5-3-2-4-12(13)9-19-16(22)11-6-7-14-15(8-11)21-18(24)17(23)20-14/h2-8H,9-10H2,1H3,(H,19,22)(H,20,23)(H,21,24). The van der Waals surface area contributed by atoms with E-state index >= 15 is 0 Å². The van der Waals surface area contributed by atoms with Crippen molar-refractivity contribution in [2.24, 2.45) is 0 Å². The summed E-state index contributed by atoms with van der Waals surface area (Å²) in [5.74, 6) is -0.277. The van der Waals surface area contributed by atoms with E-state index in [1.165, 1.54) is 6.07 Å². The van der Waals surface area contributed by atoms with Crippen LogP contribution in [-0.4, -0.2) is 23.0 Å². The van der Waals surface area contributed by atoms with Gasteiger partial charge in [0.25, 0.3) is 5.91 Å². The van der Waals surface area contributed by atoms with Gasteiger partial charge in [0.05, 0.1) is 17.6 Å². The molecule has 1 heterocycles. The minimum atomic E-state index is -0.751. The largest absolute Gasteiger partial charge is 0.380 e. The van der Waals surface area contributed by atoms with E-state index in [0.29, 0.717) is 29.7 Å². The van der Waals surface area contributed by atoms with Gasteiger partial charge in [-0.25, -0.2) is 0 Å². The van der Waals surface area contributed by atoms with Gasteiger partial charge in [-0.2, -0.15) is 0 Å². The molecule has 0 atom stereocenters. The molecule has 25 heavy (non-hydrogen) atoms. The number of aromatic amines is 2. The number of amides is 1. The van der Waals surface area contributed by atoms with Gasteiger partial charge >= 0.3 is 11.1 Å². The zero-order valence-corrected chi connectivity index (χ0v) is 13.6. The van der Waals surface area contributed by atoms with Crippen molar-refractivity contribution in [2.45, 2.75) is 13.2 Å². The Hall–Kier alpha value is -3.19.